The fourth-order valence-corrected chi connectivity index (χ4v) is 2.92. The summed E-state index contributed by atoms with van der Waals surface area (Å²) in [6, 6.07) is 3.90. The van der Waals surface area contributed by atoms with E-state index in [1.54, 1.807) is 0 Å². The molecule has 0 aromatic heterocycles. The van der Waals surface area contributed by atoms with Crippen LogP contribution in [0.2, 0.25) is 0 Å². The van der Waals surface area contributed by atoms with Gasteiger partial charge in [0.2, 0.25) is 0 Å². The average Bonchev–Trinajstić information content (AvgIpc) is 2.35. The van der Waals surface area contributed by atoms with Gasteiger partial charge in [-0.25, -0.2) is 4.39 Å². The second-order valence-electron chi connectivity index (χ2n) is 5.47. The number of halogens is 1. The lowest BCUT2D eigenvalue weighted by atomic mass is 9.78. The molecule has 0 aliphatic heterocycles. The molecule has 5 heteroatoms. The quantitative estimate of drug-likeness (QED) is 0.665. The van der Waals surface area contributed by atoms with Gasteiger partial charge in [-0.15, -0.1) is 0 Å². The zero-order valence-electron chi connectivity index (χ0n) is 11.2. The van der Waals surface area contributed by atoms with Crippen LogP contribution < -0.4 is 5.32 Å². The Labute approximate surface area is 112 Å². The number of nitrogens with one attached hydrogen (secondary N) is 1. The maximum atomic E-state index is 13.1. The summed E-state index contributed by atoms with van der Waals surface area (Å²) in [5, 5.41) is 14.2. The van der Waals surface area contributed by atoms with E-state index in [4.69, 9.17) is 0 Å². The minimum Gasteiger partial charge on any atom is -0.376 e. The molecule has 4 nitrogen and oxygen atoms in total. The van der Waals surface area contributed by atoms with Crippen LogP contribution in [0.5, 0.6) is 0 Å². The van der Waals surface area contributed by atoms with E-state index in [0.29, 0.717) is 17.5 Å². The lowest BCUT2D eigenvalue weighted by Crippen LogP contribution is -2.37. The second-order valence-corrected chi connectivity index (χ2v) is 5.47. The van der Waals surface area contributed by atoms with Gasteiger partial charge in [0.25, 0.3) is 5.69 Å². The molecular formula is C14H19FN2O2. The first kappa shape index (κ1) is 13.8. The minimum atomic E-state index is -0.581. The third-order valence-corrected chi connectivity index (χ3v) is 4.02. The molecule has 19 heavy (non-hydrogen) atoms. The molecule has 1 aliphatic rings. The Bertz CT molecular complexity index is 469. The van der Waals surface area contributed by atoms with Crippen LogP contribution in [0.3, 0.4) is 0 Å². The van der Waals surface area contributed by atoms with Crippen molar-refractivity contribution in [3.05, 3.63) is 34.1 Å². The van der Waals surface area contributed by atoms with Gasteiger partial charge in [-0.2, -0.15) is 0 Å². The molecule has 1 N–H and O–H groups in total. The van der Waals surface area contributed by atoms with Crippen LogP contribution >= 0.6 is 0 Å². The van der Waals surface area contributed by atoms with Crippen molar-refractivity contribution in [1.82, 2.24) is 0 Å². The molecule has 1 aliphatic carbocycles. The molecule has 2 atom stereocenters. The van der Waals surface area contributed by atoms with Crippen LogP contribution in [0, 0.1) is 27.8 Å². The fraction of sp³-hybridized carbons (Fsp3) is 0.571. The summed E-state index contributed by atoms with van der Waals surface area (Å²) in [6.07, 6.45) is 3.44. The number of hydrogen-bond acceptors (Lipinski definition) is 3. The van der Waals surface area contributed by atoms with Gasteiger partial charge in [0.1, 0.15) is 11.5 Å². The van der Waals surface area contributed by atoms with Gasteiger partial charge in [-0.3, -0.25) is 10.1 Å². The Balaban J connectivity index is 2.24. The maximum Gasteiger partial charge on any atom is 0.295 e. The molecule has 1 aromatic rings. The van der Waals surface area contributed by atoms with E-state index in [0.717, 1.165) is 18.9 Å². The molecule has 2 unspecified atom stereocenters. The van der Waals surface area contributed by atoms with E-state index in [1.807, 2.05) is 0 Å². The third kappa shape index (κ3) is 3.03. The van der Waals surface area contributed by atoms with Gasteiger partial charge in [0, 0.05) is 6.04 Å². The average molecular weight is 266 g/mol. The zero-order valence-corrected chi connectivity index (χ0v) is 11.2. The molecule has 0 saturated heterocycles. The van der Waals surface area contributed by atoms with Crippen LogP contribution in [-0.4, -0.2) is 11.0 Å². The fourth-order valence-electron chi connectivity index (χ4n) is 2.92. The van der Waals surface area contributed by atoms with Crippen molar-refractivity contribution in [2.45, 2.75) is 39.2 Å². The molecule has 1 fully saturated rings. The maximum absolute atomic E-state index is 13.1. The van der Waals surface area contributed by atoms with Crippen molar-refractivity contribution in [1.29, 1.82) is 0 Å². The monoisotopic (exact) mass is 266 g/mol. The summed E-state index contributed by atoms with van der Waals surface area (Å²) < 4.78 is 13.1. The van der Waals surface area contributed by atoms with E-state index < -0.39 is 10.7 Å². The highest BCUT2D eigenvalue weighted by molar-refractivity contribution is 5.62. The van der Waals surface area contributed by atoms with Gasteiger partial charge in [0.05, 0.1) is 11.0 Å². The highest BCUT2D eigenvalue weighted by atomic mass is 19.1. The molecule has 1 aromatic carbocycles. The number of nitrogens with zero attached hydrogens (tertiary/aromatic N) is 1. The van der Waals surface area contributed by atoms with E-state index in [2.05, 4.69) is 19.2 Å². The first-order chi connectivity index (χ1) is 8.99. The summed E-state index contributed by atoms with van der Waals surface area (Å²) >= 11 is 0. The van der Waals surface area contributed by atoms with E-state index >= 15 is 0 Å². The first-order valence-electron chi connectivity index (χ1n) is 6.69. The van der Waals surface area contributed by atoms with Crippen molar-refractivity contribution < 1.29 is 9.31 Å². The molecule has 0 spiro atoms. The van der Waals surface area contributed by atoms with Crippen molar-refractivity contribution >= 4 is 11.4 Å². The highest BCUT2D eigenvalue weighted by Gasteiger charge is 2.29. The second kappa shape index (κ2) is 5.55. The molecule has 1 saturated carbocycles. The largest absolute Gasteiger partial charge is 0.376 e. The molecule has 104 valence electrons. The number of hydrogen-bond donors (Lipinski definition) is 1. The summed E-state index contributed by atoms with van der Waals surface area (Å²) in [7, 11) is 0. The van der Waals surface area contributed by atoms with Crippen molar-refractivity contribution in [3.8, 4) is 0 Å². The first-order valence-corrected chi connectivity index (χ1v) is 6.69. The van der Waals surface area contributed by atoms with Gasteiger partial charge in [-0.1, -0.05) is 20.3 Å². The topological polar surface area (TPSA) is 55.2 Å². The summed E-state index contributed by atoms with van der Waals surface area (Å²) in [5.41, 5.74) is 0.224. The van der Waals surface area contributed by atoms with Gasteiger partial charge in [-0.05, 0) is 36.8 Å². The number of rotatable bonds is 3. The summed E-state index contributed by atoms with van der Waals surface area (Å²) in [6.45, 7) is 4.31. The SMILES string of the molecule is CC1CCCC(C)C1Nc1ccc(F)cc1[N+](=O)[O-]. The van der Waals surface area contributed by atoms with Crippen LogP contribution in [0.1, 0.15) is 33.1 Å². The number of nitro groups is 1. The Morgan fingerprint density at radius 3 is 2.53 bits per heavy atom. The van der Waals surface area contributed by atoms with Crippen LogP contribution in [-0.2, 0) is 0 Å². The summed E-state index contributed by atoms with van der Waals surface area (Å²) in [5.74, 6) is 0.351. The standard InChI is InChI=1S/C14H19FN2O2/c1-9-4-3-5-10(2)14(9)16-12-7-6-11(15)8-13(12)17(18)19/h6-10,14,16H,3-5H2,1-2H3. The zero-order chi connectivity index (χ0) is 14.0. The normalized spacial score (nSPS) is 27.0. The van der Waals surface area contributed by atoms with E-state index in [1.165, 1.54) is 18.6 Å². The van der Waals surface area contributed by atoms with Crippen molar-refractivity contribution in [2.75, 3.05) is 5.32 Å². The van der Waals surface area contributed by atoms with Crippen molar-refractivity contribution in [2.24, 2.45) is 11.8 Å². The van der Waals surface area contributed by atoms with Crippen molar-refractivity contribution in [3.63, 3.8) is 0 Å². The highest BCUT2D eigenvalue weighted by Crippen LogP contribution is 2.34. The van der Waals surface area contributed by atoms with Crippen LogP contribution in [0.4, 0.5) is 15.8 Å². The third-order valence-electron chi connectivity index (χ3n) is 4.02. The number of benzene rings is 1. The number of nitro benzene ring substituents is 1. The predicted octanol–water partition coefficient (Wildman–Crippen LogP) is 3.97. The Kier molecular flexibility index (Phi) is 4.02. The molecule has 0 bridgehead atoms. The van der Waals surface area contributed by atoms with Gasteiger partial charge < -0.3 is 5.32 Å². The molecular weight excluding hydrogens is 247 g/mol. The lowest BCUT2D eigenvalue weighted by Gasteiger charge is -2.35. The molecule has 0 heterocycles. The van der Waals surface area contributed by atoms with Crippen LogP contribution in [0.15, 0.2) is 18.2 Å². The Morgan fingerprint density at radius 2 is 1.95 bits per heavy atom. The van der Waals surface area contributed by atoms with Crippen LogP contribution in [0.25, 0.3) is 0 Å². The Morgan fingerprint density at radius 1 is 1.32 bits per heavy atom. The van der Waals surface area contributed by atoms with Gasteiger partial charge >= 0.3 is 0 Å². The van der Waals surface area contributed by atoms with E-state index in [-0.39, 0.29) is 11.7 Å². The number of anilines is 1. The predicted molar refractivity (Wildman–Crippen MR) is 72.6 cm³/mol. The smallest absolute Gasteiger partial charge is 0.295 e. The van der Waals surface area contributed by atoms with E-state index in [9.17, 15) is 14.5 Å². The molecule has 0 amide bonds. The van der Waals surface area contributed by atoms with Gasteiger partial charge in [0.15, 0.2) is 0 Å². The Hall–Kier alpha value is -1.65. The lowest BCUT2D eigenvalue weighted by molar-refractivity contribution is -0.384. The molecule has 2 rings (SSSR count). The molecule has 0 radical (unpaired) electrons. The minimum absolute atomic E-state index is 0.190. The summed E-state index contributed by atoms with van der Waals surface area (Å²) in [4.78, 5) is 10.4.